The Morgan fingerprint density at radius 2 is 1.04 bits per heavy atom. The van der Waals surface area contributed by atoms with Gasteiger partial charge in [-0.2, -0.15) is 0 Å². The Morgan fingerprint density at radius 1 is 0.714 bits per heavy atom. The van der Waals surface area contributed by atoms with Crippen molar-refractivity contribution in [2.24, 2.45) is 0 Å². The number of rotatable bonds is 9. The average Bonchev–Trinajstić information content (AvgIpc) is 2.68. The van der Waals surface area contributed by atoms with Crippen molar-refractivity contribution in [3.05, 3.63) is 48.5 Å². The molecule has 2 aromatic rings. The van der Waals surface area contributed by atoms with Crippen LogP contribution < -0.4 is 20.9 Å². The van der Waals surface area contributed by atoms with Crippen molar-refractivity contribution in [3.63, 3.8) is 0 Å². The Bertz CT molecular complexity index is 709. The van der Waals surface area contributed by atoms with E-state index in [9.17, 15) is 9.59 Å². The number of benzene rings is 2. The monoisotopic (exact) mass is 388 g/mol. The third-order valence-corrected chi connectivity index (χ3v) is 3.62. The van der Waals surface area contributed by atoms with Gasteiger partial charge in [0.1, 0.15) is 24.7 Å². The molecule has 0 aromatic heterocycles. The fourth-order valence-electron chi connectivity index (χ4n) is 2.12. The maximum absolute atomic E-state index is 11.9. The molecule has 0 spiro atoms. The van der Waals surface area contributed by atoms with E-state index in [-0.39, 0.29) is 13.2 Å². The minimum Gasteiger partial charge on any atom is -0.479 e. The minimum atomic E-state index is -0.813. The van der Waals surface area contributed by atoms with Crippen molar-refractivity contribution in [1.82, 2.24) is 0 Å². The highest BCUT2D eigenvalue weighted by atomic mass is 16.6. The molecule has 8 nitrogen and oxygen atoms in total. The zero-order chi connectivity index (χ0) is 20.5. The molecule has 0 aliphatic rings. The lowest BCUT2D eigenvalue weighted by Crippen LogP contribution is -2.29. The summed E-state index contributed by atoms with van der Waals surface area (Å²) in [5, 5.41) is 0. The highest BCUT2D eigenvalue weighted by Gasteiger charge is 2.18. The lowest BCUT2D eigenvalue weighted by molar-refractivity contribution is -0.159. The Hall–Kier alpha value is -3.42. The van der Waals surface area contributed by atoms with Gasteiger partial charge >= 0.3 is 11.9 Å². The number of nitrogen functional groups attached to an aromatic ring is 2. The average molecular weight is 388 g/mol. The smallest absolute Gasteiger partial charge is 0.347 e. The number of carbonyl (C=O) groups is 2. The van der Waals surface area contributed by atoms with E-state index in [0.29, 0.717) is 22.9 Å². The summed E-state index contributed by atoms with van der Waals surface area (Å²) in [4.78, 5) is 23.8. The molecule has 0 fully saturated rings. The third-order valence-electron chi connectivity index (χ3n) is 3.62. The van der Waals surface area contributed by atoms with Crippen molar-refractivity contribution >= 4 is 23.3 Å². The van der Waals surface area contributed by atoms with E-state index in [2.05, 4.69) is 0 Å². The van der Waals surface area contributed by atoms with Gasteiger partial charge in [-0.25, -0.2) is 9.59 Å². The van der Waals surface area contributed by atoms with Crippen molar-refractivity contribution in [2.75, 3.05) is 24.7 Å². The summed E-state index contributed by atoms with van der Waals surface area (Å²) in [5.74, 6) is -0.143. The van der Waals surface area contributed by atoms with Gasteiger partial charge in [-0.05, 0) is 62.4 Å². The number of ether oxygens (including phenoxy) is 4. The molecular weight excluding hydrogens is 364 g/mol. The quantitative estimate of drug-likeness (QED) is 0.381. The van der Waals surface area contributed by atoms with Crippen LogP contribution in [0.4, 0.5) is 11.4 Å². The Morgan fingerprint density at radius 3 is 1.36 bits per heavy atom. The van der Waals surface area contributed by atoms with Crippen LogP contribution >= 0.6 is 0 Å². The standard InChI is InChI=1S/C20H24N2O6/c1-13(27-17-7-3-15(21)4-8-17)19(23)25-11-12-26-20(24)14(2)28-18-9-5-16(22)6-10-18/h3-10,13-14H,11-12,21-22H2,1-2H3/t13-,14-/m1/s1. The van der Waals surface area contributed by atoms with E-state index in [0.717, 1.165) is 0 Å². The van der Waals surface area contributed by atoms with Gasteiger partial charge < -0.3 is 30.4 Å². The fourth-order valence-corrected chi connectivity index (χ4v) is 2.12. The van der Waals surface area contributed by atoms with E-state index in [1.165, 1.54) is 0 Å². The van der Waals surface area contributed by atoms with Gasteiger partial charge in [0.15, 0.2) is 12.2 Å². The first-order valence-electron chi connectivity index (χ1n) is 8.73. The summed E-state index contributed by atoms with van der Waals surface area (Å²) >= 11 is 0. The largest absolute Gasteiger partial charge is 0.479 e. The van der Waals surface area contributed by atoms with Crippen LogP contribution in [-0.2, 0) is 19.1 Å². The third kappa shape index (κ3) is 6.71. The van der Waals surface area contributed by atoms with Crippen molar-refractivity contribution in [2.45, 2.75) is 26.1 Å². The predicted molar refractivity (Wildman–Crippen MR) is 104 cm³/mol. The number of carbonyl (C=O) groups excluding carboxylic acids is 2. The highest BCUT2D eigenvalue weighted by Crippen LogP contribution is 2.16. The first-order chi connectivity index (χ1) is 13.3. The summed E-state index contributed by atoms with van der Waals surface area (Å²) < 4.78 is 21.0. The molecule has 8 heteroatoms. The Balaban J connectivity index is 1.66. The van der Waals surface area contributed by atoms with Crippen LogP contribution in [0, 0.1) is 0 Å². The van der Waals surface area contributed by atoms with Gasteiger partial charge in [0.2, 0.25) is 0 Å². The van der Waals surface area contributed by atoms with Crippen molar-refractivity contribution < 1.29 is 28.5 Å². The summed E-state index contributed by atoms with van der Waals surface area (Å²) in [6.45, 7) is 2.95. The van der Waals surface area contributed by atoms with E-state index in [1.54, 1.807) is 62.4 Å². The highest BCUT2D eigenvalue weighted by molar-refractivity contribution is 5.75. The van der Waals surface area contributed by atoms with Crippen LogP contribution in [0.1, 0.15) is 13.8 Å². The van der Waals surface area contributed by atoms with Gasteiger partial charge in [-0.3, -0.25) is 0 Å². The molecule has 4 N–H and O–H groups in total. The molecule has 0 unspecified atom stereocenters. The topological polar surface area (TPSA) is 123 Å². The first kappa shape index (κ1) is 20.9. The normalized spacial score (nSPS) is 12.5. The second-order valence-corrected chi connectivity index (χ2v) is 5.99. The Labute approximate surface area is 163 Å². The van der Waals surface area contributed by atoms with E-state index >= 15 is 0 Å². The van der Waals surface area contributed by atoms with Gasteiger partial charge in [-0.15, -0.1) is 0 Å². The molecule has 0 saturated heterocycles. The molecule has 0 bridgehead atoms. The molecule has 0 saturated carbocycles. The first-order valence-corrected chi connectivity index (χ1v) is 8.73. The second kappa shape index (κ2) is 10.1. The van der Waals surface area contributed by atoms with Crippen LogP contribution in [0.3, 0.4) is 0 Å². The van der Waals surface area contributed by atoms with Crippen molar-refractivity contribution in [3.8, 4) is 11.5 Å². The zero-order valence-electron chi connectivity index (χ0n) is 15.8. The number of nitrogens with two attached hydrogens (primary N) is 2. The van der Waals surface area contributed by atoms with Gasteiger partial charge in [0.25, 0.3) is 0 Å². The molecule has 0 heterocycles. The lowest BCUT2D eigenvalue weighted by atomic mass is 10.3. The molecule has 2 atom stereocenters. The van der Waals surface area contributed by atoms with E-state index in [4.69, 9.17) is 30.4 Å². The maximum atomic E-state index is 11.9. The molecule has 2 rings (SSSR count). The Kier molecular flexibility index (Phi) is 7.50. The van der Waals surface area contributed by atoms with Crippen molar-refractivity contribution in [1.29, 1.82) is 0 Å². The number of anilines is 2. The lowest BCUT2D eigenvalue weighted by Gasteiger charge is -2.15. The SMILES string of the molecule is C[C@@H](Oc1ccc(N)cc1)C(=O)OCCOC(=O)[C@@H](C)Oc1ccc(N)cc1. The molecule has 28 heavy (non-hydrogen) atoms. The van der Waals surface area contributed by atoms with Crippen LogP contribution in [0.15, 0.2) is 48.5 Å². The maximum Gasteiger partial charge on any atom is 0.347 e. The second-order valence-electron chi connectivity index (χ2n) is 5.99. The van der Waals surface area contributed by atoms with Gasteiger partial charge in [-0.1, -0.05) is 0 Å². The molecule has 2 aromatic carbocycles. The molecule has 0 aliphatic heterocycles. The number of hydrogen-bond donors (Lipinski definition) is 2. The molecule has 0 aliphatic carbocycles. The molecule has 0 amide bonds. The predicted octanol–water partition coefficient (Wildman–Crippen LogP) is 2.17. The van der Waals surface area contributed by atoms with E-state index in [1.807, 2.05) is 0 Å². The molecule has 150 valence electrons. The molecular formula is C20H24N2O6. The van der Waals surface area contributed by atoms with Crippen LogP contribution in [0.25, 0.3) is 0 Å². The van der Waals surface area contributed by atoms with Crippen LogP contribution in [0.5, 0.6) is 11.5 Å². The summed E-state index contributed by atoms with van der Waals surface area (Å²) in [7, 11) is 0. The minimum absolute atomic E-state index is 0.0887. The van der Waals surface area contributed by atoms with Gasteiger partial charge in [0, 0.05) is 11.4 Å². The number of esters is 2. The van der Waals surface area contributed by atoms with E-state index < -0.39 is 24.1 Å². The summed E-state index contributed by atoms with van der Waals surface area (Å²) in [6, 6.07) is 13.3. The molecule has 0 radical (unpaired) electrons. The number of hydrogen-bond acceptors (Lipinski definition) is 8. The van der Waals surface area contributed by atoms with Gasteiger partial charge in [0.05, 0.1) is 0 Å². The zero-order valence-corrected chi connectivity index (χ0v) is 15.8. The van der Waals surface area contributed by atoms with Crippen LogP contribution in [0.2, 0.25) is 0 Å². The summed E-state index contributed by atoms with van der Waals surface area (Å²) in [5.41, 5.74) is 12.4. The summed E-state index contributed by atoms with van der Waals surface area (Å²) in [6.07, 6.45) is -1.63. The van der Waals surface area contributed by atoms with Crippen LogP contribution in [-0.4, -0.2) is 37.4 Å². The fraction of sp³-hybridized carbons (Fsp3) is 0.300.